The van der Waals surface area contributed by atoms with Crippen molar-refractivity contribution in [2.24, 2.45) is 0 Å². The van der Waals surface area contributed by atoms with Gasteiger partial charge in [-0.2, -0.15) is 0 Å². The van der Waals surface area contributed by atoms with Crippen molar-refractivity contribution in [1.29, 1.82) is 0 Å². The Morgan fingerprint density at radius 3 is 2.38 bits per heavy atom. The molecule has 126 valence electrons. The molecular weight excluding hydrogens is 347 g/mol. The lowest BCUT2D eigenvalue weighted by molar-refractivity contribution is -0.123. The Labute approximate surface area is 151 Å². The molecule has 6 heteroatoms. The molecule has 4 nitrogen and oxygen atoms in total. The standard InChI is InChI=1S/C18H18Cl2N2O2/c19-13-5-7-14(8-6-13)21-18(23)17(22-9-11-24-12-10-22)15-3-1-2-4-16(15)20/h1-8,17H,9-12H2,(H,21,23). The van der Waals surface area contributed by atoms with Crippen molar-refractivity contribution in [3.63, 3.8) is 0 Å². The van der Waals surface area contributed by atoms with Crippen molar-refractivity contribution in [3.05, 3.63) is 64.1 Å². The summed E-state index contributed by atoms with van der Waals surface area (Å²) >= 11 is 12.2. The van der Waals surface area contributed by atoms with Crippen LogP contribution in [0.15, 0.2) is 48.5 Å². The SMILES string of the molecule is O=C(Nc1ccc(Cl)cc1)C(c1ccccc1Cl)N1CCOCC1. The number of hydrogen-bond donors (Lipinski definition) is 1. The molecule has 0 bridgehead atoms. The summed E-state index contributed by atoms with van der Waals surface area (Å²) in [6, 6.07) is 14.0. The molecule has 1 aliphatic heterocycles. The molecule has 3 rings (SSSR count). The summed E-state index contributed by atoms with van der Waals surface area (Å²) in [4.78, 5) is 15.1. The smallest absolute Gasteiger partial charge is 0.246 e. The zero-order valence-corrected chi connectivity index (χ0v) is 14.6. The first-order valence-corrected chi connectivity index (χ1v) is 8.53. The van der Waals surface area contributed by atoms with Crippen LogP contribution < -0.4 is 5.32 Å². The van der Waals surface area contributed by atoms with E-state index in [0.717, 1.165) is 5.56 Å². The second kappa shape index (κ2) is 7.99. The number of amides is 1. The number of nitrogens with one attached hydrogen (secondary N) is 1. The maximum Gasteiger partial charge on any atom is 0.246 e. The Morgan fingerprint density at radius 2 is 1.71 bits per heavy atom. The topological polar surface area (TPSA) is 41.6 Å². The van der Waals surface area contributed by atoms with Gasteiger partial charge in [0, 0.05) is 28.8 Å². The van der Waals surface area contributed by atoms with Crippen molar-refractivity contribution in [2.75, 3.05) is 31.6 Å². The molecular formula is C18H18Cl2N2O2. The molecule has 1 saturated heterocycles. The largest absolute Gasteiger partial charge is 0.379 e. The number of carbonyl (C=O) groups excluding carboxylic acids is 1. The van der Waals surface area contributed by atoms with Crippen molar-refractivity contribution in [3.8, 4) is 0 Å². The van der Waals surface area contributed by atoms with E-state index in [1.165, 1.54) is 0 Å². The summed E-state index contributed by atoms with van der Waals surface area (Å²) in [5.74, 6) is -0.118. The molecule has 2 aromatic carbocycles. The minimum atomic E-state index is -0.460. The van der Waals surface area contributed by atoms with Crippen LogP contribution in [0.5, 0.6) is 0 Å². The predicted octanol–water partition coefficient (Wildman–Crippen LogP) is 4.01. The summed E-state index contributed by atoms with van der Waals surface area (Å²) < 4.78 is 5.41. The van der Waals surface area contributed by atoms with Crippen LogP contribution in [0.3, 0.4) is 0 Å². The lowest BCUT2D eigenvalue weighted by Gasteiger charge is -2.34. The van der Waals surface area contributed by atoms with Gasteiger partial charge in [-0.3, -0.25) is 9.69 Å². The average molecular weight is 365 g/mol. The van der Waals surface area contributed by atoms with E-state index < -0.39 is 6.04 Å². The molecule has 24 heavy (non-hydrogen) atoms. The Bertz CT molecular complexity index is 700. The number of morpholine rings is 1. The van der Waals surface area contributed by atoms with Crippen molar-refractivity contribution >= 4 is 34.8 Å². The van der Waals surface area contributed by atoms with Crippen molar-refractivity contribution in [2.45, 2.75) is 6.04 Å². The number of carbonyl (C=O) groups is 1. The average Bonchev–Trinajstić information content (AvgIpc) is 2.60. The molecule has 1 heterocycles. The summed E-state index contributed by atoms with van der Waals surface area (Å²) in [5.41, 5.74) is 1.50. The Kier molecular flexibility index (Phi) is 5.74. The molecule has 1 amide bonds. The highest BCUT2D eigenvalue weighted by Crippen LogP contribution is 2.29. The van der Waals surface area contributed by atoms with Crippen LogP contribution in [0.1, 0.15) is 11.6 Å². The van der Waals surface area contributed by atoms with E-state index in [1.807, 2.05) is 18.2 Å². The number of rotatable bonds is 4. The molecule has 1 N–H and O–H groups in total. The van der Waals surface area contributed by atoms with Gasteiger partial charge in [0.15, 0.2) is 0 Å². The lowest BCUT2D eigenvalue weighted by atomic mass is 10.0. The first-order valence-electron chi connectivity index (χ1n) is 7.78. The molecule has 2 aromatic rings. The Hall–Kier alpha value is -1.59. The van der Waals surface area contributed by atoms with E-state index in [4.69, 9.17) is 27.9 Å². The maximum absolute atomic E-state index is 13.0. The van der Waals surface area contributed by atoms with Gasteiger partial charge >= 0.3 is 0 Å². The summed E-state index contributed by atoms with van der Waals surface area (Å²) in [7, 11) is 0. The van der Waals surface area contributed by atoms with Crippen molar-refractivity contribution in [1.82, 2.24) is 4.90 Å². The summed E-state index contributed by atoms with van der Waals surface area (Å²) in [5, 5.41) is 4.17. The fraction of sp³-hybridized carbons (Fsp3) is 0.278. The van der Waals surface area contributed by atoms with Crippen LogP contribution in [0.4, 0.5) is 5.69 Å². The highest BCUT2D eigenvalue weighted by Gasteiger charge is 2.30. The number of hydrogen-bond acceptors (Lipinski definition) is 3. The number of nitrogens with zero attached hydrogens (tertiary/aromatic N) is 1. The third-order valence-electron chi connectivity index (χ3n) is 3.97. The predicted molar refractivity (Wildman–Crippen MR) is 96.7 cm³/mol. The zero-order chi connectivity index (χ0) is 16.9. The van der Waals surface area contributed by atoms with Gasteiger partial charge in [0.2, 0.25) is 5.91 Å². The molecule has 1 unspecified atom stereocenters. The molecule has 1 atom stereocenters. The molecule has 0 aliphatic carbocycles. The number of benzene rings is 2. The quantitative estimate of drug-likeness (QED) is 0.890. The fourth-order valence-electron chi connectivity index (χ4n) is 2.78. The van der Waals surface area contributed by atoms with E-state index in [2.05, 4.69) is 10.2 Å². The van der Waals surface area contributed by atoms with Crippen LogP contribution in [-0.4, -0.2) is 37.1 Å². The van der Waals surface area contributed by atoms with Gasteiger partial charge in [-0.1, -0.05) is 41.4 Å². The molecule has 0 radical (unpaired) electrons. The molecule has 0 saturated carbocycles. The monoisotopic (exact) mass is 364 g/mol. The third kappa shape index (κ3) is 4.08. The Morgan fingerprint density at radius 1 is 1.04 bits per heavy atom. The van der Waals surface area contributed by atoms with Crippen LogP contribution >= 0.6 is 23.2 Å². The van der Waals surface area contributed by atoms with Gasteiger partial charge in [-0.05, 0) is 35.9 Å². The van der Waals surface area contributed by atoms with E-state index in [-0.39, 0.29) is 5.91 Å². The number of anilines is 1. The van der Waals surface area contributed by atoms with Crippen LogP contribution in [0.25, 0.3) is 0 Å². The molecule has 0 aromatic heterocycles. The van der Waals surface area contributed by atoms with Gasteiger partial charge in [0.25, 0.3) is 0 Å². The van der Waals surface area contributed by atoms with E-state index >= 15 is 0 Å². The normalized spacial score (nSPS) is 16.6. The summed E-state index contributed by atoms with van der Waals surface area (Å²) in [6.07, 6.45) is 0. The Balaban J connectivity index is 1.87. The zero-order valence-electron chi connectivity index (χ0n) is 13.0. The first-order chi connectivity index (χ1) is 11.6. The van der Waals surface area contributed by atoms with E-state index in [9.17, 15) is 4.79 Å². The molecule has 1 aliphatic rings. The second-order valence-corrected chi connectivity index (χ2v) is 6.41. The molecule has 0 spiro atoms. The minimum absolute atomic E-state index is 0.118. The van der Waals surface area contributed by atoms with Gasteiger partial charge < -0.3 is 10.1 Å². The minimum Gasteiger partial charge on any atom is -0.379 e. The second-order valence-electron chi connectivity index (χ2n) is 5.57. The maximum atomic E-state index is 13.0. The fourth-order valence-corrected chi connectivity index (χ4v) is 3.15. The molecule has 1 fully saturated rings. The highest BCUT2D eigenvalue weighted by atomic mass is 35.5. The van der Waals surface area contributed by atoms with Gasteiger partial charge in [0.05, 0.1) is 13.2 Å². The van der Waals surface area contributed by atoms with Gasteiger partial charge in [0.1, 0.15) is 6.04 Å². The van der Waals surface area contributed by atoms with Gasteiger partial charge in [-0.15, -0.1) is 0 Å². The van der Waals surface area contributed by atoms with Crippen molar-refractivity contribution < 1.29 is 9.53 Å². The lowest BCUT2D eigenvalue weighted by Crippen LogP contribution is -2.44. The number of ether oxygens (including phenoxy) is 1. The van der Waals surface area contributed by atoms with E-state index in [0.29, 0.717) is 42.0 Å². The summed E-state index contributed by atoms with van der Waals surface area (Å²) in [6.45, 7) is 2.58. The van der Waals surface area contributed by atoms with Crippen LogP contribution in [0.2, 0.25) is 10.0 Å². The number of halogens is 2. The first kappa shape index (κ1) is 17.2. The van der Waals surface area contributed by atoms with Crippen LogP contribution in [-0.2, 0) is 9.53 Å². The third-order valence-corrected chi connectivity index (χ3v) is 4.57. The highest BCUT2D eigenvalue weighted by molar-refractivity contribution is 6.31. The van der Waals surface area contributed by atoms with Crippen LogP contribution in [0, 0.1) is 0 Å². The van der Waals surface area contributed by atoms with Gasteiger partial charge in [-0.25, -0.2) is 0 Å². The van der Waals surface area contributed by atoms with E-state index in [1.54, 1.807) is 30.3 Å².